The van der Waals surface area contributed by atoms with Crippen LogP contribution in [0.15, 0.2) is 72.8 Å². The number of carbonyl (C=O) groups is 3. The summed E-state index contributed by atoms with van der Waals surface area (Å²) in [6.07, 6.45) is 10.4. The number of carboxylic acid groups (broad SMARTS) is 1. The van der Waals surface area contributed by atoms with Crippen LogP contribution in [0.4, 0.5) is 31.5 Å². The number of rotatable bonds is 7. The number of hydrogen-bond donors (Lipinski definition) is 5. The Hall–Kier alpha value is -5.89. The first-order valence-corrected chi connectivity index (χ1v) is 18.6. The van der Waals surface area contributed by atoms with E-state index in [9.17, 15) is 28.3 Å². The van der Waals surface area contributed by atoms with Crippen molar-refractivity contribution in [1.82, 2.24) is 0 Å². The summed E-state index contributed by atoms with van der Waals surface area (Å²) in [6.45, 7) is 6.50. The van der Waals surface area contributed by atoms with Gasteiger partial charge in [-0.15, -0.1) is 0 Å². The fourth-order valence-corrected chi connectivity index (χ4v) is 6.15. The number of halogens is 2. The van der Waals surface area contributed by atoms with Crippen molar-refractivity contribution in [3.05, 3.63) is 101 Å². The highest BCUT2D eigenvalue weighted by Crippen LogP contribution is 2.31. The molecular formula is C43H54F2N4O8. The quantitative estimate of drug-likeness (QED) is 0.0896. The van der Waals surface area contributed by atoms with E-state index in [0.717, 1.165) is 49.8 Å². The van der Waals surface area contributed by atoms with Gasteiger partial charge in [-0.2, -0.15) is 0 Å². The van der Waals surface area contributed by atoms with Crippen molar-refractivity contribution in [2.24, 2.45) is 0 Å². The molecule has 4 aromatic rings. The van der Waals surface area contributed by atoms with Crippen molar-refractivity contribution in [3.8, 4) is 17.2 Å². The van der Waals surface area contributed by atoms with Gasteiger partial charge in [0.05, 0.1) is 18.2 Å². The maximum atomic E-state index is 13.7. The minimum atomic E-state index is -1.36. The number of methoxy groups -OCH3 is 1. The molecule has 3 aliphatic rings. The molecular weight excluding hydrogens is 738 g/mol. The number of aromatic hydroxyl groups is 2. The molecule has 0 aromatic heterocycles. The first kappa shape index (κ1) is 45.5. The van der Waals surface area contributed by atoms with E-state index in [1.165, 1.54) is 83.3 Å². The Morgan fingerprint density at radius 2 is 1.23 bits per heavy atom. The molecule has 1 amide bonds. The van der Waals surface area contributed by atoms with Crippen LogP contribution < -0.4 is 25.6 Å². The zero-order valence-electron chi connectivity index (χ0n) is 31.5. The molecule has 7 rings (SSSR count). The van der Waals surface area contributed by atoms with E-state index in [4.69, 9.17) is 25.4 Å². The van der Waals surface area contributed by atoms with Gasteiger partial charge in [-0.3, -0.25) is 9.59 Å². The zero-order valence-corrected chi connectivity index (χ0v) is 31.5. The van der Waals surface area contributed by atoms with E-state index < -0.39 is 35.0 Å². The number of amides is 1. The third-order valence-corrected chi connectivity index (χ3v) is 9.27. The number of phenols is 2. The zero-order chi connectivity index (χ0) is 40.5. The summed E-state index contributed by atoms with van der Waals surface area (Å²) in [6, 6.07) is 19.6. The topological polar surface area (TPSA) is 175 Å². The highest BCUT2D eigenvalue weighted by atomic mass is 19.1. The Morgan fingerprint density at radius 1 is 0.737 bits per heavy atom. The number of hydrogen-bond acceptors (Lipinski definition) is 10. The fraction of sp³-hybridized carbons (Fsp3) is 0.372. The van der Waals surface area contributed by atoms with Gasteiger partial charge in [0.25, 0.3) is 5.91 Å². The Labute approximate surface area is 332 Å². The molecule has 3 saturated heterocycles. The number of ether oxygens (including phenoxy) is 2. The number of nitrogens with zero attached hydrogens (tertiary/aromatic N) is 2. The minimum absolute atomic E-state index is 0. The van der Waals surface area contributed by atoms with Gasteiger partial charge < -0.3 is 45.6 Å². The number of nitrogen functional groups attached to an aromatic ring is 1. The average Bonchev–Trinajstić information content (AvgIpc) is 3.82. The van der Waals surface area contributed by atoms with Crippen molar-refractivity contribution in [2.45, 2.75) is 58.8 Å². The van der Waals surface area contributed by atoms with Gasteiger partial charge in [-0.25, -0.2) is 13.6 Å². The second-order valence-corrected chi connectivity index (χ2v) is 13.3. The number of nitrogens with one attached hydrogen (secondary N) is 1. The van der Waals surface area contributed by atoms with Crippen LogP contribution >= 0.6 is 0 Å². The molecule has 3 heterocycles. The fourth-order valence-electron chi connectivity index (χ4n) is 6.15. The van der Waals surface area contributed by atoms with E-state index in [1.807, 2.05) is 36.4 Å². The molecule has 0 spiro atoms. The number of carbonyl (C=O) groups excluding carboxylic acids is 2. The molecule has 3 aliphatic heterocycles. The Balaban J connectivity index is 0.000000229. The van der Waals surface area contributed by atoms with Crippen molar-refractivity contribution >= 4 is 40.9 Å². The molecule has 6 N–H and O–H groups in total. The second-order valence-electron chi connectivity index (χ2n) is 13.3. The number of aromatic carboxylic acids is 1. The van der Waals surface area contributed by atoms with Crippen LogP contribution in [0.5, 0.6) is 17.2 Å². The van der Waals surface area contributed by atoms with Crippen LogP contribution in [-0.4, -0.2) is 80.0 Å². The lowest BCUT2D eigenvalue weighted by Gasteiger charge is -2.28. The lowest BCUT2D eigenvalue weighted by molar-refractivity contribution is 0.0696. The third-order valence-electron chi connectivity index (χ3n) is 9.27. The van der Waals surface area contributed by atoms with Crippen molar-refractivity contribution in [1.29, 1.82) is 0 Å². The van der Waals surface area contributed by atoms with Crippen LogP contribution in [0.25, 0.3) is 0 Å². The number of piperidine rings is 2. The van der Waals surface area contributed by atoms with Crippen molar-refractivity contribution in [2.75, 3.05) is 67.4 Å². The summed E-state index contributed by atoms with van der Waals surface area (Å²) >= 11 is 0. The van der Waals surface area contributed by atoms with E-state index in [-0.39, 0.29) is 36.2 Å². The van der Waals surface area contributed by atoms with Crippen LogP contribution in [0.2, 0.25) is 0 Å². The van der Waals surface area contributed by atoms with Gasteiger partial charge in [0, 0.05) is 67.7 Å². The highest BCUT2D eigenvalue weighted by Gasteiger charge is 2.17. The Bertz CT molecular complexity index is 1870. The normalized spacial score (nSPS) is 14.5. The van der Waals surface area contributed by atoms with Gasteiger partial charge in [-0.1, -0.05) is 7.43 Å². The standard InChI is InChI=1S/C19H21FN2O3.C11H16N2.C8H5FO4.C4H8O.CH4/c1-25-17-12-13(11-16(20)18(17)23)19(24)21-14-5-7-15(8-6-14)22-9-3-2-4-10-22;12-10-4-6-11(7-5-10)13-8-2-1-3-9-13;9-6-2-4(8(12)13)1-5(3-10)7(6)11;1-2-4-5-3-1;/h5-8,11-12,23H,2-4,9-10H2,1H3,(H,21,24);4-7H,1-3,8-9,12H2;1-3,11H,(H,12,13);1-4H2;1H4. The van der Waals surface area contributed by atoms with E-state index in [1.54, 1.807) is 0 Å². The number of carboxylic acids is 1. The molecule has 0 aliphatic carbocycles. The van der Waals surface area contributed by atoms with Gasteiger partial charge in [0.1, 0.15) is 0 Å². The third kappa shape index (κ3) is 14.0. The number of nitrogens with two attached hydrogens (primary N) is 1. The van der Waals surface area contributed by atoms with Crippen LogP contribution in [0.1, 0.15) is 89.9 Å². The SMILES string of the molecule is C.C1CCOC1.COc1cc(C(=O)Nc2ccc(N3CCCCC3)cc2)cc(F)c1O.Nc1ccc(N2CCCCC2)cc1.O=Cc1cc(C(=O)O)cc(F)c1O. The number of benzene rings is 4. The van der Waals surface area contributed by atoms with Crippen LogP contribution in [-0.2, 0) is 4.74 Å². The smallest absolute Gasteiger partial charge is 0.335 e. The summed E-state index contributed by atoms with van der Waals surface area (Å²) in [5.74, 6) is -5.37. The van der Waals surface area contributed by atoms with E-state index in [0.29, 0.717) is 11.8 Å². The largest absolute Gasteiger partial charge is 0.504 e. The monoisotopic (exact) mass is 792 g/mol. The molecule has 3 fully saturated rings. The molecule has 0 unspecified atom stereocenters. The maximum Gasteiger partial charge on any atom is 0.335 e. The minimum Gasteiger partial charge on any atom is -0.504 e. The lowest BCUT2D eigenvalue weighted by Crippen LogP contribution is -2.29. The number of phenolic OH excluding ortho intramolecular Hbond substituents is 2. The predicted octanol–water partition coefficient (Wildman–Crippen LogP) is 8.52. The number of anilines is 4. The molecule has 4 aromatic carbocycles. The van der Waals surface area contributed by atoms with Gasteiger partial charge in [0.15, 0.2) is 35.2 Å². The van der Waals surface area contributed by atoms with Crippen LogP contribution in [0, 0.1) is 11.6 Å². The molecule has 14 heteroatoms. The summed E-state index contributed by atoms with van der Waals surface area (Å²) in [7, 11) is 1.30. The summed E-state index contributed by atoms with van der Waals surface area (Å²) in [5, 5.41) is 29.6. The van der Waals surface area contributed by atoms with Gasteiger partial charge in [0.2, 0.25) is 0 Å². The highest BCUT2D eigenvalue weighted by molar-refractivity contribution is 6.04. The Morgan fingerprint density at radius 3 is 1.68 bits per heavy atom. The van der Waals surface area contributed by atoms with E-state index in [2.05, 4.69) is 27.2 Å². The molecule has 0 saturated carbocycles. The first-order chi connectivity index (χ1) is 27.0. The average molecular weight is 793 g/mol. The summed E-state index contributed by atoms with van der Waals surface area (Å²) in [5.41, 5.74) is 8.88. The molecule has 308 valence electrons. The second kappa shape index (κ2) is 23.2. The molecule has 57 heavy (non-hydrogen) atoms. The predicted molar refractivity (Wildman–Crippen MR) is 219 cm³/mol. The summed E-state index contributed by atoms with van der Waals surface area (Å²) < 4.78 is 36.2. The maximum absolute atomic E-state index is 13.7. The first-order valence-electron chi connectivity index (χ1n) is 18.6. The van der Waals surface area contributed by atoms with E-state index >= 15 is 0 Å². The molecule has 12 nitrogen and oxygen atoms in total. The van der Waals surface area contributed by atoms with Crippen LogP contribution in [0.3, 0.4) is 0 Å². The summed E-state index contributed by atoms with van der Waals surface area (Å²) in [4.78, 5) is 37.7. The van der Waals surface area contributed by atoms with Crippen molar-refractivity contribution in [3.63, 3.8) is 0 Å². The molecule has 0 radical (unpaired) electrons. The van der Waals surface area contributed by atoms with Gasteiger partial charge in [-0.05, 0) is 124 Å². The van der Waals surface area contributed by atoms with Crippen molar-refractivity contribution < 1.29 is 48.0 Å². The molecule has 0 bridgehead atoms. The van der Waals surface area contributed by atoms with Gasteiger partial charge >= 0.3 is 5.97 Å². The number of aldehydes is 1. The molecule has 0 atom stereocenters. The lowest BCUT2D eigenvalue weighted by atomic mass is 10.1. The Kier molecular flexibility index (Phi) is 18.6.